The molecule has 0 spiro atoms. The van der Waals surface area contributed by atoms with Crippen LogP contribution in [-0.4, -0.2) is 66.5 Å². The summed E-state index contributed by atoms with van der Waals surface area (Å²) in [5.41, 5.74) is 5.79. The second-order valence-electron chi connectivity index (χ2n) is 5.38. The Balaban J connectivity index is 1.81. The average Bonchev–Trinajstić information content (AvgIpc) is 3.15. The smallest absolute Gasteiger partial charge is 0.248 e. The van der Waals surface area contributed by atoms with Crippen LogP contribution in [0.4, 0.5) is 17.8 Å². The van der Waals surface area contributed by atoms with Gasteiger partial charge in [-0.05, 0) is 25.1 Å². The molecule has 2 saturated heterocycles. The molecule has 3 heterocycles. The first-order valence-electron chi connectivity index (χ1n) is 7.84. The second kappa shape index (κ2) is 7.55. The third kappa shape index (κ3) is 4.08. The van der Waals surface area contributed by atoms with Crippen LogP contribution in [0.25, 0.3) is 0 Å². The summed E-state index contributed by atoms with van der Waals surface area (Å²) < 4.78 is 5.40. The lowest BCUT2D eigenvalue weighted by atomic mass is 10.4. The summed E-state index contributed by atoms with van der Waals surface area (Å²) in [7, 11) is 1.75. The standard InChI is InChI=1S/C13H22N8OS/c1-14-13(23)19-18-10-15-11(20-4-2-3-5-20)17-12(16-10)21-6-8-22-9-7-21/h2-9H2,1H3,(H2,14,19,23)(H,15,16,17,18). The van der Waals surface area contributed by atoms with E-state index in [4.69, 9.17) is 17.0 Å². The van der Waals surface area contributed by atoms with Crippen LogP contribution < -0.4 is 26.0 Å². The monoisotopic (exact) mass is 338 g/mol. The Labute approximate surface area is 140 Å². The first-order valence-corrected chi connectivity index (χ1v) is 8.24. The third-order valence-corrected chi connectivity index (χ3v) is 4.12. The zero-order valence-electron chi connectivity index (χ0n) is 13.2. The van der Waals surface area contributed by atoms with Crippen molar-refractivity contribution >= 4 is 35.2 Å². The average molecular weight is 338 g/mol. The summed E-state index contributed by atoms with van der Waals surface area (Å²) >= 11 is 5.06. The lowest BCUT2D eigenvalue weighted by Crippen LogP contribution is -2.39. The highest BCUT2D eigenvalue weighted by molar-refractivity contribution is 7.80. The number of rotatable bonds is 4. The van der Waals surface area contributed by atoms with E-state index >= 15 is 0 Å². The van der Waals surface area contributed by atoms with Gasteiger partial charge >= 0.3 is 0 Å². The number of anilines is 3. The van der Waals surface area contributed by atoms with Gasteiger partial charge in [-0.25, -0.2) is 0 Å². The maximum absolute atomic E-state index is 5.40. The second-order valence-corrected chi connectivity index (χ2v) is 5.79. The summed E-state index contributed by atoms with van der Waals surface area (Å²) in [4.78, 5) is 17.9. The molecule has 0 aliphatic carbocycles. The minimum atomic E-state index is 0.459. The van der Waals surface area contributed by atoms with E-state index in [2.05, 4.69) is 40.9 Å². The van der Waals surface area contributed by atoms with Gasteiger partial charge in [-0.15, -0.1) is 0 Å². The lowest BCUT2D eigenvalue weighted by molar-refractivity contribution is 0.122. The molecule has 2 aliphatic rings. The quantitative estimate of drug-likeness (QED) is 0.503. The highest BCUT2D eigenvalue weighted by Gasteiger charge is 2.21. The van der Waals surface area contributed by atoms with E-state index in [1.165, 1.54) is 12.8 Å². The third-order valence-electron chi connectivity index (χ3n) is 3.81. The lowest BCUT2D eigenvalue weighted by Gasteiger charge is -2.28. The Kier molecular flexibility index (Phi) is 5.23. The van der Waals surface area contributed by atoms with Gasteiger partial charge in [-0.3, -0.25) is 10.9 Å². The van der Waals surface area contributed by atoms with Gasteiger partial charge in [-0.2, -0.15) is 15.0 Å². The number of hydrazine groups is 1. The van der Waals surface area contributed by atoms with Crippen LogP contribution in [0, 0.1) is 0 Å². The number of aromatic nitrogens is 3. The summed E-state index contributed by atoms with van der Waals surface area (Å²) in [6.07, 6.45) is 2.34. The van der Waals surface area contributed by atoms with E-state index in [-0.39, 0.29) is 0 Å². The molecule has 23 heavy (non-hydrogen) atoms. The summed E-state index contributed by atoms with van der Waals surface area (Å²) in [6.45, 7) is 4.91. The first kappa shape index (κ1) is 15.9. The molecule has 1 aromatic heterocycles. The molecule has 9 nitrogen and oxygen atoms in total. The largest absolute Gasteiger partial charge is 0.378 e. The Hall–Kier alpha value is -1.94. The number of hydrogen-bond acceptors (Lipinski definition) is 8. The van der Waals surface area contributed by atoms with Gasteiger partial charge < -0.3 is 19.9 Å². The van der Waals surface area contributed by atoms with Crippen molar-refractivity contribution in [2.24, 2.45) is 0 Å². The summed E-state index contributed by atoms with van der Waals surface area (Å²) in [5, 5.41) is 3.31. The SMILES string of the molecule is CNC(=S)NNc1nc(N2CCCC2)nc(N2CCOCC2)n1. The van der Waals surface area contributed by atoms with Crippen LogP contribution in [0.2, 0.25) is 0 Å². The van der Waals surface area contributed by atoms with Crippen LogP contribution in [0.3, 0.4) is 0 Å². The predicted octanol–water partition coefficient (Wildman–Crippen LogP) is -0.271. The van der Waals surface area contributed by atoms with Gasteiger partial charge in [-0.1, -0.05) is 0 Å². The molecule has 0 saturated carbocycles. The maximum atomic E-state index is 5.40. The van der Waals surface area contributed by atoms with Crippen molar-refractivity contribution in [2.45, 2.75) is 12.8 Å². The summed E-state index contributed by atoms with van der Waals surface area (Å²) in [5.74, 6) is 1.84. The van der Waals surface area contributed by atoms with E-state index in [1.54, 1.807) is 7.05 Å². The van der Waals surface area contributed by atoms with Gasteiger partial charge in [0.15, 0.2) is 5.11 Å². The molecule has 2 fully saturated rings. The molecule has 0 amide bonds. The Morgan fingerprint density at radius 2 is 1.61 bits per heavy atom. The summed E-state index contributed by atoms with van der Waals surface area (Å²) in [6, 6.07) is 0. The van der Waals surface area contributed by atoms with Crippen molar-refractivity contribution in [3.63, 3.8) is 0 Å². The van der Waals surface area contributed by atoms with Crippen molar-refractivity contribution in [2.75, 3.05) is 61.7 Å². The van der Waals surface area contributed by atoms with Crippen molar-refractivity contribution in [3.05, 3.63) is 0 Å². The van der Waals surface area contributed by atoms with Crippen LogP contribution in [-0.2, 0) is 4.74 Å². The Bertz CT molecular complexity index is 545. The van der Waals surface area contributed by atoms with Crippen LogP contribution in [0.1, 0.15) is 12.8 Å². The molecule has 0 radical (unpaired) electrons. The number of ether oxygens (including phenoxy) is 1. The number of morpholine rings is 1. The Morgan fingerprint density at radius 3 is 2.22 bits per heavy atom. The van der Waals surface area contributed by atoms with Crippen molar-refractivity contribution in [1.82, 2.24) is 25.7 Å². The fourth-order valence-electron chi connectivity index (χ4n) is 2.55. The van der Waals surface area contributed by atoms with E-state index in [0.29, 0.717) is 36.2 Å². The van der Waals surface area contributed by atoms with Gasteiger partial charge in [0.05, 0.1) is 13.2 Å². The number of thiocarbonyl (C=S) groups is 1. The maximum Gasteiger partial charge on any atom is 0.248 e. The topological polar surface area (TPSA) is 90.5 Å². The molecular formula is C13H22N8OS. The van der Waals surface area contributed by atoms with Crippen molar-refractivity contribution in [3.8, 4) is 0 Å². The van der Waals surface area contributed by atoms with E-state index in [1.807, 2.05) is 0 Å². The highest BCUT2D eigenvalue weighted by atomic mass is 32.1. The highest BCUT2D eigenvalue weighted by Crippen LogP contribution is 2.20. The molecule has 2 aliphatic heterocycles. The molecule has 3 N–H and O–H groups in total. The molecule has 0 bridgehead atoms. The minimum Gasteiger partial charge on any atom is -0.378 e. The molecule has 3 rings (SSSR count). The van der Waals surface area contributed by atoms with Gasteiger partial charge in [0.1, 0.15) is 0 Å². The minimum absolute atomic E-state index is 0.459. The fraction of sp³-hybridized carbons (Fsp3) is 0.692. The number of nitrogens with zero attached hydrogens (tertiary/aromatic N) is 5. The van der Waals surface area contributed by atoms with Crippen molar-refractivity contribution < 1.29 is 4.74 Å². The number of hydrogen-bond donors (Lipinski definition) is 3. The number of nitrogens with one attached hydrogen (secondary N) is 3. The van der Waals surface area contributed by atoms with Gasteiger partial charge in [0.25, 0.3) is 0 Å². The molecule has 0 unspecified atom stereocenters. The fourth-order valence-corrected chi connectivity index (χ4v) is 2.60. The zero-order chi connectivity index (χ0) is 16.1. The molecule has 0 aromatic carbocycles. The van der Waals surface area contributed by atoms with Gasteiger partial charge in [0.2, 0.25) is 17.8 Å². The first-order chi connectivity index (χ1) is 11.3. The van der Waals surface area contributed by atoms with Crippen molar-refractivity contribution in [1.29, 1.82) is 0 Å². The van der Waals surface area contributed by atoms with E-state index in [9.17, 15) is 0 Å². The zero-order valence-corrected chi connectivity index (χ0v) is 14.0. The van der Waals surface area contributed by atoms with E-state index < -0.39 is 0 Å². The molecule has 10 heteroatoms. The van der Waals surface area contributed by atoms with E-state index in [0.717, 1.165) is 26.2 Å². The molecular weight excluding hydrogens is 316 g/mol. The van der Waals surface area contributed by atoms with Crippen LogP contribution in [0.15, 0.2) is 0 Å². The predicted molar refractivity (Wildman–Crippen MR) is 92.7 cm³/mol. The van der Waals surface area contributed by atoms with Crippen LogP contribution >= 0.6 is 12.2 Å². The molecule has 1 aromatic rings. The normalized spacial score (nSPS) is 18.0. The molecule has 0 atom stereocenters. The Morgan fingerprint density at radius 1 is 1.00 bits per heavy atom. The molecule has 126 valence electrons. The van der Waals surface area contributed by atoms with Gasteiger partial charge in [0, 0.05) is 33.2 Å². The van der Waals surface area contributed by atoms with Crippen LogP contribution in [0.5, 0.6) is 0 Å².